The number of aromatic nitrogens is 1. The summed E-state index contributed by atoms with van der Waals surface area (Å²) in [7, 11) is 0. The molecule has 1 aromatic rings. The van der Waals surface area contributed by atoms with Crippen molar-refractivity contribution < 1.29 is 4.74 Å². The van der Waals surface area contributed by atoms with Crippen LogP contribution in [0.5, 0.6) is 0 Å². The highest BCUT2D eigenvalue weighted by atomic mass is 16.5. The zero-order valence-corrected chi connectivity index (χ0v) is 12.3. The van der Waals surface area contributed by atoms with Crippen LogP contribution in [0.3, 0.4) is 0 Å². The van der Waals surface area contributed by atoms with Crippen molar-refractivity contribution in [2.75, 3.05) is 26.3 Å². The van der Waals surface area contributed by atoms with Gasteiger partial charge in [0.25, 0.3) is 0 Å². The van der Waals surface area contributed by atoms with Gasteiger partial charge in [-0.15, -0.1) is 0 Å². The number of ether oxygens (including phenoxy) is 1. The van der Waals surface area contributed by atoms with E-state index in [-0.39, 0.29) is 11.6 Å². The second-order valence-electron chi connectivity index (χ2n) is 6.18. The van der Waals surface area contributed by atoms with Gasteiger partial charge in [-0.1, -0.05) is 18.9 Å². The van der Waals surface area contributed by atoms with E-state index in [0.29, 0.717) is 0 Å². The average molecular weight is 275 g/mol. The molecule has 110 valence electrons. The van der Waals surface area contributed by atoms with Gasteiger partial charge in [0.2, 0.25) is 0 Å². The predicted octanol–water partition coefficient (Wildman–Crippen LogP) is 2.03. The Hall–Kier alpha value is -0.970. The number of hydrogen-bond donors (Lipinski definition) is 1. The highest BCUT2D eigenvalue weighted by molar-refractivity contribution is 5.24. The monoisotopic (exact) mass is 275 g/mol. The quantitative estimate of drug-likeness (QED) is 0.917. The number of rotatable bonds is 3. The van der Waals surface area contributed by atoms with Gasteiger partial charge in [0.1, 0.15) is 0 Å². The zero-order valence-electron chi connectivity index (χ0n) is 12.3. The molecule has 0 spiro atoms. The van der Waals surface area contributed by atoms with Crippen LogP contribution in [0.2, 0.25) is 0 Å². The number of morpholine rings is 1. The van der Waals surface area contributed by atoms with E-state index in [2.05, 4.69) is 22.9 Å². The van der Waals surface area contributed by atoms with E-state index >= 15 is 0 Å². The highest BCUT2D eigenvalue weighted by Crippen LogP contribution is 2.43. The van der Waals surface area contributed by atoms with Crippen molar-refractivity contribution in [3.05, 3.63) is 29.6 Å². The van der Waals surface area contributed by atoms with Crippen molar-refractivity contribution in [1.82, 2.24) is 9.88 Å². The van der Waals surface area contributed by atoms with E-state index in [9.17, 15) is 0 Å². The molecule has 0 radical (unpaired) electrons. The minimum absolute atomic E-state index is 0.0514. The number of aryl methyl sites for hydroxylation is 1. The Kier molecular flexibility index (Phi) is 4.06. The van der Waals surface area contributed by atoms with Crippen LogP contribution in [0.1, 0.15) is 42.9 Å². The lowest BCUT2D eigenvalue weighted by atomic mass is 9.82. The standard InChI is InChI=1S/C16H25N3O/c1-13-10-14(12-18-11-13)15(17)16(4-2-3-5-16)19-6-8-20-9-7-19/h10-12,15H,2-9,17H2,1H3. The van der Waals surface area contributed by atoms with Gasteiger partial charge in [0.15, 0.2) is 0 Å². The Morgan fingerprint density at radius 1 is 1.25 bits per heavy atom. The van der Waals surface area contributed by atoms with Crippen molar-refractivity contribution in [2.45, 2.75) is 44.2 Å². The van der Waals surface area contributed by atoms with Crippen molar-refractivity contribution >= 4 is 0 Å². The minimum Gasteiger partial charge on any atom is -0.379 e. The Morgan fingerprint density at radius 2 is 1.95 bits per heavy atom. The maximum atomic E-state index is 6.71. The van der Waals surface area contributed by atoms with Crippen molar-refractivity contribution in [2.24, 2.45) is 5.73 Å². The Labute approximate surface area is 121 Å². The first-order valence-electron chi connectivity index (χ1n) is 7.72. The van der Waals surface area contributed by atoms with E-state index in [0.717, 1.165) is 26.3 Å². The SMILES string of the molecule is Cc1cncc(C(N)C2(N3CCOCC3)CCCC2)c1. The summed E-state index contributed by atoms with van der Waals surface area (Å²) >= 11 is 0. The van der Waals surface area contributed by atoms with Gasteiger partial charge >= 0.3 is 0 Å². The number of pyridine rings is 1. The molecule has 2 fully saturated rings. The predicted molar refractivity (Wildman–Crippen MR) is 79.5 cm³/mol. The summed E-state index contributed by atoms with van der Waals surface area (Å²) in [6.45, 7) is 5.76. The second kappa shape index (κ2) is 5.80. The maximum Gasteiger partial charge on any atom is 0.0594 e. The molecule has 1 atom stereocenters. The summed E-state index contributed by atoms with van der Waals surface area (Å²) in [6, 6.07) is 2.24. The molecular formula is C16H25N3O. The number of nitrogens with zero attached hydrogens (tertiary/aromatic N) is 2. The smallest absolute Gasteiger partial charge is 0.0594 e. The molecule has 2 aliphatic rings. The zero-order chi connectivity index (χ0) is 14.0. The van der Waals surface area contributed by atoms with Crippen LogP contribution in [0.15, 0.2) is 18.5 Å². The highest BCUT2D eigenvalue weighted by Gasteiger charge is 2.45. The van der Waals surface area contributed by atoms with Crippen LogP contribution in [0, 0.1) is 6.92 Å². The minimum atomic E-state index is 0.0514. The Balaban J connectivity index is 1.89. The summed E-state index contributed by atoms with van der Waals surface area (Å²) in [5, 5.41) is 0. The molecular weight excluding hydrogens is 250 g/mol. The van der Waals surface area contributed by atoms with Gasteiger partial charge in [-0.25, -0.2) is 0 Å². The first kappa shape index (κ1) is 14.0. The molecule has 1 aromatic heterocycles. The van der Waals surface area contributed by atoms with E-state index in [1.165, 1.54) is 36.8 Å². The summed E-state index contributed by atoms with van der Waals surface area (Å²) in [5.41, 5.74) is 9.19. The molecule has 1 saturated heterocycles. The lowest BCUT2D eigenvalue weighted by Gasteiger charge is -2.47. The largest absolute Gasteiger partial charge is 0.379 e. The van der Waals surface area contributed by atoms with Gasteiger partial charge in [-0.05, 0) is 30.9 Å². The number of nitrogens with two attached hydrogens (primary N) is 1. The van der Waals surface area contributed by atoms with E-state index in [1.807, 2.05) is 12.4 Å². The Morgan fingerprint density at radius 3 is 2.60 bits per heavy atom. The van der Waals surface area contributed by atoms with Gasteiger partial charge in [-0.2, -0.15) is 0 Å². The topological polar surface area (TPSA) is 51.4 Å². The molecule has 1 unspecified atom stereocenters. The van der Waals surface area contributed by atoms with Gasteiger partial charge in [-0.3, -0.25) is 9.88 Å². The van der Waals surface area contributed by atoms with E-state index in [4.69, 9.17) is 10.5 Å². The lowest BCUT2D eigenvalue weighted by Crippen LogP contribution is -2.57. The van der Waals surface area contributed by atoms with Gasteiger partial charge in [0, 0.05) is 37.1 Å². The first-order chi connectivity index (χ1) is 9.72. The molecule has 4 nitrogen and oxygen atoms in total. The van der Waals surface area contributed by atoms with E-state index < -0.39 is 0 Å². The Bertz CT molecular complexity index is 451. The third-order valence-corrected chi connectivity index (χ3v) is 4.94. The van der Waals surface area contributed by atoms with Gasteiger partial charge < -0.3 is 10.5 Å². The van der Waals surface area contributed by atoms with Crippen molar-refractivity contribution in [3.63, 3.8) is 0 Å². The molecule has 2 N–H and O–H groups in total. The van der Waals surface area contributed by atoms with Gasteiger partial charge in [0.05, 0.1) is 13.2 Å². The van der Waals surface area contributed by atoms with Crippen molar-refractivity contribution in [1.29, 1.82) is 0 Å². The summed E-state index contributed by atoms with van der Waals surface area (Å²) in [5.74, 6) is 0. The fraction of sp³-hybridized carbons (Fsp3) is 0.688. The van der Waals surface area contributed by atoms with Crippen LogP contribution in [-0.2, 0) is 4.74 Å². The summed E-state index contributed by atoms with van der Waals surface area (Å²) in [6.07, 6.45) is 8.79. The average Bonchev–Trinajstić information content (AvgIpc) is 2.98. The summed E-state index contributed by atoms with van der Waals surface area (Å²) < 4.78 is 5.51. The summed E-state index contributed by atoms with van der Waals surface area (Å²) in [4.78, 5) is 6.91. The van der Waals surface area contributed by atoms with Crippen LogP contribution in [-0.4, -0.2) is 41.7 Å². The first-order valence-corrected chi connectivity index (χ1v) is 7.72. The second-order valence-corrected chi connectivity index (χ2v) is 6.18. The van der Waals surface area contributed by atoms with Crippen LogP contribution < -0.4 is 5.73 Å². The van der Waals surface area contributed by atoms with E-state index in [1.54, 1.807) is 0 Å². The normalized spacial score (nSPS) is 24.7. The molecule has 0 aromatic carbocycles. The lowest BCUT2D eigenvalue weighted by molar-refractivity contribution is -0.0311. The third-order valence-electron chi connectivity index (χ3n) is 4.94. The molecule has 3 rings (SSSR count). The fourth-order valence-corrected chi connectivity index (χ4v) is 3.88. The molecule has 1 saturated carbocycles. The molecule has 2 heterocycles. The molecule has 20 heavy (non-hydrogen) atoms. The molecule has 4 heteroatoms. The molecule has 1 aliphatic carbocycles. The fourth-order valence-electron chi connectivity index (χ4n) is 3.88. The number of hydrogen-bond acceptors (Lipinski definition) is 4. The van der Waals surface area contributed by atoms with Crippen LogP contribution in [0.4, 0.5) is 0 Å². The maximum absolute atomic E-state index is 6.71. The molecule has 0 bridgehead atoms. The molecule has 0 amide bonds. The van der Waals surface area contributed by atoms with Crippen LogP contribution >= 0.6 is 0 Å². The van der Waals surface area contributed by atoms with Crippen molar-refractivity contribution in [3.8, 4) is 0 Å². The molecule has 1 aliphatic heterocycles. The third kappa shape index (κ3) is 2.48. The van der Waals surface area contributed by atoms with Crippen LogP contribution in [0.25, 0.3) is 0 Å².